The molecule has 66 valence electrons. The quantitative estimate of drug-likeness (QED) is 0.607. The molecule has 5 nitrogen and oxygen atoms in total. The maximum absolute atomic E-state index is 8.31. The van der Waals surface area contributed by atoms with Crippen molar-refractivity contribution in [3.8, 4) is 17.9 Å². The predicted octanol–water partition coefficient (Wildman–Crippen LogP) is 0.618. The van der Waals surface area contributed by atoms with Gasteiger partial charge in [0.05, 0.1) is 18.8 Å². The highest BCUT2D eigenvalue weighted by atomic mass is 15.0. The van der Waals surface area contributed by atoms with Crippen LogP contribution >= 0.6 is 0 Å². The van der Waals surface area contributed by atoms with Gasteiger partial charge in [-0.05, 0) is 5.92 Å². The van der Waals surface area contributed by atoms with Gasteiger partial charge in [0.1, 0.15) is 17.5 Å². The van der Waals surface area contributed by atoms with Crippen LogP contribution in [0.15, 0.2) is 12.7 Å². The van der Waals surface area contributed by atoms with E-state index in [0.29, 0.717) is 16.9 Å². The minimum Gasteiger partial charge on any atom is -0.341 e. The molecule has 0 fully saturated rings. The molecule has 0 unspecified atom stereocenters. The average molecular weight is 183 g/mol. The zero-order valence-electron chi connectivity index (χ0n) is 7.15. The molecule has 0 aliphatic rings. The van der Waals surface area contributed by atoms with Crippen LogP contribution < -0.4 is 0 Å². The topological polar surface area (TPSA) is 78.2 Å². The molecule has 0 amide bonds. The number of rotatable bonds is 0. The lowest BCUT2D eigenvalue weighted by Gasteiger charge is -1.89. The van der Waals surface area contributed by atoms with Crippen LogP contribution in [-0.2, 0) is 0 Å². The van der Waals surface area contributed by atoms with Crippen molar-refractivity contribution < 1.29 is 0 Å². The van der Waals surface area contributed by atoms with E-state index in [1.165, 1.54) is 12.7 Å². The molecule has 2 rings (SSSR count). The summed E-state index contributed by atoms with van der Waals surface area (Å²) in [5, 5.41) is 8.31. The van der Waals surface area contributed by atoms with Gasteiger partial charge in [-0.1, -0.05) is 5.92 Å². The molecule has 0 spiro atoms. The van der Waals surface area contributed by atoms with Crippen molar-refractivity contribution in [1.82, 2.24) is 19.9 Å². The molecule has 0 aliphatic carbocycles. The van der Waals surface area contributed by atoms with Crippen LogP contribution in [0, 0.1) is 23.2 Å². The number of aromatic amines is 1. The number of hydrogen-bond donors (Lipinski definition) is 1. The zero-order valence-corrected chi connectivity index (χ0v) is 7.15. The third-order valence-electron chi connectivity index (χ3n) is 1.60. The normalized spacial score (nSPS) is 9.07. The Kier molecular flexibility index (Phi) is 2.08. The standard InChI is InChI=1S/C9H5N5/c10-4-2-1-3-7-8-9(13-5-11-7)14-6-12-8/h5-6H,2H2,(H,11,12,13,14). The number of nitriles is 1. The first kappa shape index (κ1) is 8.21. The second-order valence-corrected chi connectivity index (χ2v) is 2.46. The Labute approximate surface area is 79.8 Å². The Morgan fingerprint density at radius 3 is 3.14 bits per heavy atom. The third kappa shape index (κ3) is 1.39. The minimum atomic E-state index is 0.194. The number of hydrogen-bond acceptors (Lipinski definition) is 4. The summed E-state index contributed by atoms with van der Waals surface area (Å²) in [4.78, 5) is 14.8. The SMILES string of the molecule is N#CCC#Cc1ncnc2nc[nH]c12. The first-order chi connectivity index (χ1) is 6.92. The van der Waals surface area contributed by atoms with Crippen molar-refractivity contribution in [3.63, 3.8) is 0 Å². The van der Waals surface area contributed by atoms with Crippen molar-refractivity contribution in [2.24, 2.45) is 0 Å². The van der Waals surface area contributed by atoms with E-state index in [9.17, 15) is 0 Å². The molecular weight excluding hydrogens is 178 g/mol. The van der Waals surface area contributed by atoms with E-state index in [-0.39, 0.29) is 6.42 Å². The Morgan fingerprint density at radius 2 is 2.29 bits per heavy atom. The lowest BCUT2D eigenvalue weighted by Crippen LogP contribution is -1.87. The number of nitrogens with zero attached hydrogens (tertiary/aromatic N) is 4. The third-order valence-corrected chi connectivity index (χ3v) is 1.60. The molecule has 0 saturated heterocycles. The van der Waals surface area contributed by atoms with E-state index in [1.807, 2.05) is 6.07 Å². The van der Waals surface area contributed by atoms with Crippen molar-refractivity contribution >= 4 is 11.2 Å². The zero-order chi connectivity index (χ0) is 9.80. The van der Waals surface area contributed by atoms with E-state index >= 15 is 0 Å². The highest BCUT2D eigenvalue weighted by Gasteiger charge is 2.01. The molecule has 14 heavy (non-hydrogen) atoms. The summed E-state index contributed by atoms with van der Waals surface area (Å²) in [5.41, 5.74) is 1.86. The van der Waals surface area contributed by atoms with Gasteiger partial charge in [0.25, 0.3) is 0 Å². The maximum atomic E-state index is 8.31. The molecule has 1 N–H and O–H groups in total. The fourth-order valence-electron chi connectivity index (χ4n) is 1.03. The van der Waals surface area contributed by atoms with E-state index in [1.54, 1.807) is 0 Å². The molecule has 0 aliphatic heterocycles. The van der Waals surface area contributed by atoms with Crippen molar-refractivity contribution in [1.29, 1.82) is 5.26 Å². The van der Waals surface area contributed by atoms with E-state index < -0.39 is 0 Å². The summed E-state index contributed by atoms with van der Waals surface area (Å²) in [6.45, 7) is 0. The molecule has 2 heterocycles. The van der Waals surface area contributed by atoms with E-state index in [2.05, 4.69) is 31.8 Å². The first-order valence-corrected chi connectivity index (χ1v) is 3.91. The summed E-state index contributed by atoms with van der Waals surface area (Å²) in [5.74, 6) is 5.46. The van der Waals surface area contributed by atoms with Gasteiger partial charge in [0.2, 0.25) is 0 Å². The summed E-state index contributed by atoms with van der Waals surface area (Å²) in [6.07, 6.45) is 3.13. The van der Waals surface area contributed by atoms with Gasteiger partial charge in [-0.25, -0.2) is 15.0 Å². The minimum absolute atomic E-state index is 0.194. The van der Waals surface area contributed by atoms with Gasteiger partial charge in [-0.2, -0.15) is 5.26 Å². The van der Waals surface area contributed by atoms with E-state index in [0.717, 1.165) is 0 Å². The van der Waals surface area contributed by atoms with Crippen LogP contribution in [0.3, 0.4) is 0 Å². The van der Waals surface area contributed by atoms with Crippen LogP contribution in [0.4, 0.5) is 0 Å². The smallest absolute Gasteiger partial charge is 0.181 e. The Balaban J connectivity index is 2.49. The van der Waals surface area contributed by atoms with Gasteiger partial charge >= 0.3 is 0 Å². The van der Waals surface area contributed by atoms with Gasteiger partial charge in [-0.3, -0.25) is 0 Å². The van der Waals surface area contributed by atoms with Crippen molar-refractivity contribution in [2.45, 2.75) is 6.42 Å². The van der Waals surface area contributed by atoms with Crippen molar-refractivity contribution in [2.75, 3.05) is 0 Å². The van der Waals surface area contributed by atoms with Crippen LogP contribution in [-0.4, -0.2) is 19.9 Å². The second-order valence-electron chi connectivity index (χ2n) is 2.46. The number of nitrogens with one attached hydrogen (secondary N) is 1. The van der Waals surface area contributed by atoms with Crippen LogP contribution in [0.2, 0.25) is 0 Å². The lowest BCUT2D eigenvalue weighted by atomic mass is 10.3. The number of imidazole rings is 1. The molecule has 0 saturated carbocycles. The van der Waals surface area contributed by atoms with Gasteiger partial charge in [-0.15, -0.1) is 0 Å². The Hall–Kier alpha value is -2.40. The molecule has 0 radical (unpaired) electrons. The van der Waals surface area contributed by atoms with Crippen LogP contribution in [0.5, 0.6) is 0 Å². The van der Waals surface area contributed by atoms with Crippen LogP contribution in [0.25, 0.3) is 11.2 Å². The average Bonchev–Trinajstić information content (AvgIpc) is 2.67. The summed E-state index contributed by atoms with van der Waals surface area (Å²) in [6, 6.07) is 1.94. The number of fused-ring (bicyclic) bond motifs is 1. The molecule has 0 bridgehead atoms. The number of aromatic nitrogens is 4. The largest absolute Gasteiger partial charge is 0.341 e. The molecule has 0 aromatic carbocycles. The summed E-state index contributed by atoms with van der Waals surface area (Å²) >= 11 is 0. The fourth-order valence-corrected chi connectivity index (χ4v) is 1.03. The summed E-state index contributed by atoms with van der Waals surface area (Å²) < 4.78 is 0. The molecule has 2 aromatic rings. The maximum Gasteiger partial charge on any atom is 0.181 e. The van der Waals surface area contributed by atoms with Gasteiger partial charge < -0.3 is 4.98 Å². The monoisotopic (exact) mass is 183 g/mol. The van der Waals surface area contributed by atoms with Crippen LogP contribution in [0.1, 0.15) is 12.1 Å². The van der Waals surface area contributed by atoms with Gasteiger partial charge in [0, 0.05) is 0 Å². The fraction of sp³-hybridized carbons (Fsp3) is 0.111. The molecule has 0 atom stereocenters. The predicted molar refractivity (Wildman–Crippen MR) is 48.8 cm³/mol. The first-order valence-electron chi connectivity index (χ1n) is 3.91. The van der Waals surface area contributed by atoms with E-state index in [4.69, 9.17) is 5.26 Å². The number of H-pyrrole nitrogens is 1. The second kappa shape index (κ2) is 3.55. The Bertz CT molecular complexity index is 552. The highest BCUT2D eigenvalue weighted by Crippen LogP contribution is 2.07. The molecule has 5 heteroatoms. The van der Waals surface area contributed by atoms with Gasteiger partial charge in [0.15, 0.2) is 5.65 Å². The summed E-state index contributed by atoms with van der Waals surface area (Å²) in [7, 11) is 0. The van der Waals surface area contributed by atoms with Crippen molar-refractivity contribution in [3.05, 3.63) is 18.3 Å². The lowest BCUT2D eigenvalue weighted by molar-refractivity contribution is 1.18. The molecule has 2 aromatic heterocycles. The highest BCUT2D eigenvalue weighted by molar-refractivity contribution is 5.75. The Morgan fingerprint density at radius 1 is 1.36 bits per heavy atom. The molecular formula is C9H5N5.